The molecule has 0 aliphatic carbocycles. The summed E-state index contributed by atoms with van der Waals surface area (Å²) in [6, 6.07) is 0. The highest BCUT2D eigenvalue weighted by atomic mass is 15.1. The van der Waals surface area contributed by atoms with Crippen LogP contribution in [0.1, 0.15) is 12.8 Å². The third-order valence-corrected chi connectivity index (χ3v) is 2.79. The van der Waals surface area contributed by atoms with Crippen LogP contribution < -0.4 is 0 Å². The van der Waals surface area contributed by atoms with Gasteiger partial charge in [0.2, 0.25) is 0 Å². The summed E-state index contributed by atoms with van der Waals surface area (Å²) in [6.07, 6.45) is 4.57. The van der Waals surface area contributed by atoms with Gasteiger partial charge in [-0.3, -0.25) is 9.98 Å². The van der Waals surface area contributed by atoms with Gasteiger partial charge in [0, 0.05) is 18.7 Å². The molecular weight excluding hydrogens is 162 g/mol. The Morgan fingerprint density at radius 2 is 2.38 bits per heavy atom. The summed E-state index contributed by atoms with van der Waals surface area (Å²) in [6.45, 7) is 4.17. The average Bonchev–Trinajstić information content (AvgIpc) is 2.19. The van der Waals surface area contributed by atoms with Crippen molar-refractivity contribution in [2.75, 3.05) is 33.2 Å². The van der Waals surface area contributed by atoms with Gasteiger partial charge in [-0.25, -0.2) is 0 Å². The number of rotatable bonds is 1. The second-order valence-electron chi connectivity index (χ2n) is 3.94. The van der Waals surface area contributed by atoms with E-state index in [1.54, 1.807) is 0 Å². The van der Waals surface area contributed by atoms with Crippen molar-refractivity contribution in [3.8, 4) is 0 Å². The van der Waals surface area contributed by atoms with E-state index in [1.165, 1.54) is 25.1 Å². The minimum Gasteiger partial charge on any atom is -0.306 e. The Kier molecular flexibility index (Phi) is 2.74. The molecule has 2 heterocycles. The van der Waals surface area contributed by atoms with Crippen LogP contribution in [0.3, 0.4) is 0 Å². The zero-order chi connectivity index (χ0) is 9.10. The van der Waals surface area contributed by atoms with Crippen molar-refractivity contribution in [1.82, 2.24) is 4.90 Å². The van der Waals surface area contributed by atoms with E-state index in [-0.39, 0.29) is 0 Å². The van der Waals surface area contributed by atoms with Crippen molar-refractivity contribution in [2.24, 2.45) is 15.9 Å². The van der Waals surface area contributed by atoms with Gasteiger partial charge in [0.15, 0.2) is 0 Å². The van der Waals surface area contributed by atoms with E-state index >= 15 is 0 Å². The van der Waals surface area contributed by atoms with Crippen LogP contribution in [0, 0.1) is 5.92 Å². The lowest BCUT2D eigenvalue weighted by Gasteiger charge is -2.30. The quantitative estimate of drug-likeness (QED) is 0.586. The fourth-order valence-electron chi connectivity index (χ4n) is 2.08. The van der Waals surface area contributed by atoms with Gasteiger partial charge in [0.1, 0.15) is 0 Å². The second kappa shape index (κ2) is 4.01. The lowest BCUT2D eigenvalue weighted by Crippen LogP contribution is -2.37. The monoisotopic (exact) mass is 179 g/mol. The molecule has 0 bridgehead atoms. The van der Waals surface area contributed by atoms with Crippen LogP contribution in [-0.2, 0) is 0 Å². The Labute approximate surface area is 79.6 Å². The van der Waals surface area contributed by atoms with Gasteiger partial charge in [0.25, 0.3) is 0 Å². The van der Waals surface area contributed by atoms with Crippen molar-refractivity contribution in [1.29, 1.82) is 0 Å². The summed E-state index contributed by atoms with van der Waals surface area (Å²) in [7, 11) is 2.19. The predicted octanol–water partition coefficient (Wildman–Crippen LogP) is 0.854. The Morgan fingerprint density at radius 3 is 3.08 bits per heavy atom. The maximum Gasteiger partial charge on any atom is 0.0589 e. The smallest absolute Gasteiger partial charge is 0.0589 e. The lowest BCUT2D eigenvalue weighted by atomic mass is 9.93. The highest BCUT2D eigenvalue weighted by Gasteiger charge is 2.21. The SMILES string of the molecule is CN1CCCC(C2=NCCN=C2)C1. The standard InChI is InChI=1S/C10H17N3/c1-13-6-2-3-9(8-13)10-7-11-4-5-12-10/h7,9H,2-6,8H2,1H3. The van der Waals surface area contributed by atoms with Crippen LogP contribution in [-0.4, -0.2) is 50.1 Å². The fourth-order valence-corrected chi connectivity index (χ4v) is 2.08. The van der Waals surface area contributed by atoms with Crippen LogP contribution in [0.4, 0.5) is 0 Å². The summed E-state index contributed by atoms with van der Waals surface area (Å²) in [5.74, 6) is 0.641. The topological polar surface area (TPSA) is 28.0 Å². The van der Waals surface area contributed by atoms with Gasteiger partial charge in [-0.2, -0.15) is 0 Å². The molecule has 0 spiro atoms. The molecule has 2 rings (SSSR count). The first kappa shape index (κ1) is 8.88. The molecule has 1 saturated heterocycles. The molecule has 1 fully saturated rings. The molecule has 0 amide bonds. The van der Waals surface area contributed by atoms with Gasteiger partial charge in [-0.05, 0) is 26.4 Å². The van der Waals surface area contributed by atoms with E-state index in [9.17, 15) is 0 Å². The van der Waals surface area contributed by atoms with E-state index < -0.39 is 0 Å². The van der Waals surface area contributed by atoms with Crippen molar-refractivity contribution in [2.45, 2.75) is 12.8 Å². The first-order chi connectivity index (χ1) is 6.36. The number of piperidine rings is 1. The number of hydrogen-bond donors (Lipinski definition) is 0. The van der Waals surface area contributed by atoms with Crippen molar-refractivity contribution >= 4 is 11.9 Å². The molecule has 0 aromatic rings. The summed E-state index contributed by atoms with van der Waals surface area (Å²) in [5, 5.41) is 0. The van der Waals surface area contributed by atoms with Crippen LogP contribution in [0.15, 0.2) is 9.98 Å². The molecule has 2 aliphatic heterocycles. The second-order valence-corrected chi connectivity index (χ2v) is 3.94. The van der Waals surface area contributed by atoms with Gasteiger partial charge in [-0.15, -0.1) is 0 Å². The molecule has 0 radical (unpaired) electrons. The van der Waals surface area contributed by atoms with Gasteiger partial charge < -0.3 is 4.90 Å². The molecule has 1 atom stereocenters. The summed E-state index contributed by atoms with van der Waals surface area (Å²) in [4.78, 5) is 11.2. The van der Waals surface area contributed by atoms with Gasteiger partial charge >= 0.3 is 0 Å². The third-order valence-electron chi connectivity index (χ3n) is 2.79. The molecule has 3 nitrogen and oxygen atoms in total. The first-order valence-corrected chi connectivity index (χ1v) is 5.09. The Bertz CT molecular complexity index is 232. The highest BCUT2D eigenvalue weighted by molar-refractivity contribution is 6.32. The molecule has 0 aromatic carbocycles. The molecule has 72 valence electrons. The van der Waals surface area contributed by atoms with Crippen LogP contribution in [0.5, 0.6) is 0 Å². The molecule has 3 heteroatoms. The summed E-state index contributed by atoms with van der Waals surface area (Å²) in [5.41, 5.74) is 1.23. The van der Waals surface area contributed by atoms with E-state index in [0.29, 0.717) is 5.92 Å². The van der Waals surface area contributed by atoms with E-state index in [0.717, 1.165) is 19.6 Å². The summed E-state index contributed by atoms with van der Waals surface area (Å²) < 4.78 is 0. The Hall–Kier alpha value is -0.700. The maximum absolute atomic E-state index is 4.53. The molecule has 0 N–H and O–H groups in total. The minimum atomic E-state index is 0.641. The van der Waals surface area contributed by atoms with Crippen LogP contribution in [0.2, 0.25) is 0 Å². The van der Waals surface area contributed by atoms with E-state index in [1.807, 2.05) is 6.21 Å². The highest BCUT2D eigenvalue weighted by Crippen LogP contribution is 2.16. The van der Waals surface area contributed by atoms with Crippen molar-refractivity contribution in [3.63, 3.8) is 0 Å². The zero-order valence-electron chi connectivity index (χ0n) is 8.24. The Balaban J connectivity index is 1.99. The maximum atomic E-state index is 4.53. The molecular formula is C10H17N3. The molecule has 2 aliphatic rings. The fraction of sp³-hybridized carbons (Fsp3) is 0.800. The predicted molar refractivity (Wildman–Crippen MR) is 55.9 cm³/mol. The third kappa shape index (κ3) is 2.15. The first-order valence-electron chi connectivity index (χ1n) is 5.09. The molecule has 13 heavy (non-hydrogen) atoms. The van der Waals surface area contributed by atoms with Gasteiger partial charge in [-0.1, -0.05) is 0 Å². The Morgan fingerprint density at radius 1 is 1.46 bits per heavy atom. The molecule has 1 unspecified atom stereocenters. The molecule has 0 aromatic heterocycles. The van der Waals surface area contributed by atoms with Crippen LogP contribution >= 0.6 is 0 Å². The van der Waals surface area contributed by atoms with Gasteiger partial charge in [0.05, 0.1) is 18.8 Å². The van der Waals surface area contributed by atoms with E-state index in [2.05, 4.69) is 21.9 Å². The van der Waals surface area contributed by atoms with Crippen molar-refractivity contribution < 1.29 is 0 Å². The number of aliphatic imine (C=N–C) groups is 2. The summed E-state index contributed by atoms with van der Waals surface area (Å²) >= 11 is 0. The van der Waals surface area contributed by atoms with Crippen LogP contribution in [0.25, 0.3) is 0 Å². The lowest BCUT2D eigenvalue weighted by molar-refractivity contribution is 0.247. The number of nitrogens with zero attached hydrogens (tertiary/aromatic N) is 3. The normalized spacial score (nSPS) is 30.2. The average molecular weight is 179 g/mol. The zero-order valence-corrected chi connectivity index (χ0v) is 8.24. The van der Waals surface area contributed by atoms with Crippen molar-refractivity contribution in [3.05, 3.63) is 0 Å². The number of likely N-dealkylation sites (tertiary alicyclic amines) is 1. The minimum absolute atomic E-state index is 0.641. The number of hydrogen-bond acceptors (Lipinski definition) is 3. The molecule has 0 saturated carbocycles. The van der Waals surface area contributed by atoms with E-state index in [4.69, 9.17) is 0 Å². The largest absolute Gasteiger partial charge is 0.306 e.